The lowest BCUT2D eigenvalue weighted by molar-refractivity contribution is 0.282. The third-order valence-corrected chi connectivity index (χ3v) is 3.00. The molecule has 0 aliphatic heterocycles. The highest BCUT2D eigenvalue weighted by Gasteiger charge is 2.16. The largest absolute Gasteiger partial charge is 0.330 e. The number of hydrogen-bond acceptors (Lipinski definition) is 2. The van der Waals surface area contributed by atoms with Crippen LogP contribution in [0.25, 0.3) is 0 Å². The fourth-order valence-electron chi connectivity index (χ4n) is 1.90. The summed E-state index contributed by atoms with van der Waals surface area (Å²) in [4.78, 5) is 2.27. The van der Waals surface area contributed by atoms with Crippen molar-refractivity contribution in [2.75, 3.05) is 26.2 Å². The van der Waals surface area contributed by atoms with Crippen molar-refractivity contribution in [3.8, 4) is 0 Å². The van der Waals surface area contributed by atoms with E-state index in [0.717, 1.165) is 25.2 Å². The van der Waals surface area contributed by atoms with Crippen molar-refractivity contribution in [3.05, 3.63) is 35.6 Å². The van der Waals surface area contributed by atoms with Crippen molar-refractivity contribution >= 4 is 0 Å². The second-order valence-corrected chi connectivity index (χ2v) is 3.94. The van der Waals surface area contributed by atoms with Gasteiger partial charge in [-0.05, 0) is 24.7 Å². The number of hydrogen-bond donors (Lipinski definition) is 1. The van der Waals surface area contributed by atoms with Crippen LogP contribution in [0.4, 0.5) is 4.39 Å². The first-order chi connectivity index (χ1) is 7.72. The van der Waals surface area contributed by atoms with E-state index in [1.54, 1.807) is 6.07 Å². The van der Waals surface area contributed by atoms with E-state index in [4.69, 9.17) is 5.73 Å². The highest BCUT2D eigenvalue weighted by molar-refractivity contribution is 5.22. The van der Waals surface area contributed by atoms with Crippen molar-refractivity contribution in [2.45, 2.75) is 19.8 Å². The third-order valence-electron chi connectivity index (χ3n) is 3.00. The van der Waals surface area contributed by atoms with Gasteiger partial charge in [-0.25, -0.2) is 4.39 Å². The van der Waals surface area contributed by atoms with Gasteiger partial charge < -0.3 is 10.6 Å². The summed E-state index contributed by atoms with van der Waals surface area (Å²) in [5.41, 5.74) is 6.47. The van der Waals surface area contributed by atoms with E-state index in [0.29, 0.717) is 6.54 Å². The van der Waals surface area contributed by atoms with Gasteiger partial charge in [-0.2, -0.15) is 0 Å². The third kappa shape index (κ3) is 3.29. The number of benzene rings is 1. The molecule has 2 N–H and O–H groups in total. The molecule has 0 saturated carbocycles. The van der Waals surface area contributed by atoms with Crippen molar-refractivity contribution in [3.63, 3.8) is 0 Å². The van der Waals surface area contributed by atoms with E-state index >= 15 is 0 Å². The molecule has 0 aromatic heterocycles. The first-order valence-corrected chi connectivity index (χ1v) is 5.89. The zero-order valence-electron chi connectivity index (χ0n) is 10.1. The number of nitrogens with zero attached hydrogens (tertiary/aromatic N) is 1. The predicted molar refractivity (Wildman–Crippen MR) is 66.0 cm³/mol. The van der Waals surface area contributed by atoms with Crippen LogP contribution in [0.1, 0.15) is 25.3 Å². The molecule has 16 heavy (non-hydrogen) atoms. The minimum Gasteiger partial charge on any atom is -0.330 e. The zero-order valence-corrected chi connectivity index (χ0v) is 10.1. The summed E-state index contributed by atoms with van der Waals surface area (Å²) >= 11 is 0. The Kier molecular flexibility index (Phi) is 5.43. The van der Waals surface area contributed by atoms with Gasteiger partial charge in [0, 0.05) is 19.0 Å². The van der Waals surface area contributed by atoms with Gasteiger partial charge in [-0.3, -0.25) is 0 Å². The molecule has 1 aromatic rings. The van der Waals surface area contributed by atoms with Crippen LogP contribution in [-0.2, 0) is 0 Å². The summed E-state index contributed by atoms with van der Waals surface area (Å²) in [5.74, 6) is -0.0637. The molecule has 0 spiro atoms. The molecule has 0 bridgehead atoms. The predicted octanol–water partition coefficient (Wildman–Crippen LogP) is 2.21. The minimum atomic E-state index is -0.148. The molecule has 0 fully saturated rings. The van der Waals surface area contributed by atoms with Crippen LogP contribution in [0.15, 0.2) is 24.3 Å². The molecular weight excluding hydrogens is 203 g/mol. The lowest BCUT2D eigenvalue weighted by Crippen LogP contribution is -2.31. The summed E-state index contributed by atoms with van der Waals surface area (Å²) in [6, 6.07) is 6.91. The van der Waals surface area contributed by atoms with Crippen molar-refractivity contribution < 1.29 is 4.39 Å². The Bertz CT molecular complexity index is 311. The molecule has 1 atom stereocenters. The van der Waals surface area contributed by atoms with Gasteiger partial charge in [0.2, 0.25) is 0 Å². The first-order valence-electron chi connectivity index (χ1n) is 5.89. The van der Waals surface area contributed by atoms with Crippen molar-refractivity contribution in [1.29, 1.82) is 0 Å². The van der Waals surface area contributed by atoms with Gasteiger partial charge in [0.25, 0.3) is 0 Å². The molecule has 1 rings (SSSR count). The second kappa shape index (κ2) is 6.61. The minimum absolute atomic E-state index is 0.0844. The monoisotopic (exact) mass is 224 g/mol. The van der Waals surface area contributed by atoms with E-state index in [9.17, 15) is 4.39 Å². The van der Waals surface area contributed by atoms with E-state index < -0.39 is 0 Å². The molecule has 0 aliphatic rings. The SMILES string of the molecule is CCN(CC)CC(CN)c1ccccc1F. The molecule has 1 aromatic carbocycles. The number of nitrogens with two attached hydrogens (primary N) is 1. The Balaban J connectivity index is 2.78. The Morgan fingerprint density at radius 3 is 2.38 bits per heavy atom. The molecule has 0 heterocycles. The number of rotatable bonds is 6. The lowest BCUT2D eigenvalue weighted by Gasteiger charge is -2.24. The molecule has 2 nitrogen and oxygen atoms in total. The normalized spacial score (nSPS) is 13.1. The van der Waals surface area contributed by atoms with E-state index in [1.165, 1.54) is 6.07 Å². The average molecular weight is 224 g/mol. The number of halogens is 1. The fraction of sp³-hybridized carbons (Fsp3) is 0.538. The van der Waals surface area contributed by atoms with Crippen molar-refractivity contribution in [2.24, 2.45) is 5.73 Å². The summed E-state index contributed by atoms with van der Waals surface area (Å²) in [6.07, 6.45) is 0. The van der Waals surface area contributed by atoms with E-state index in [-0.39, 0.29) is 11.7 Å². The van der Waals surface area contributed by atoms with Gasteiger partial charge >= 0.3 is 0 Å². The Morgan fingerprint density at radius 2 is 1.88 bits per heavy atom. The van der Waals surface area contributed by atoms with E-state index in [2.05, 4.69) is 18.7 Å². The first kappa shape index (κ1) is 13.1. The van der Waals surface area contributed by atoms with Gasteiger partial charge in [0.15, 0.2) is 0 Å². The maximum atomic E-state index is 13.6. The van der Waals surface area contributed by atoms with Crippen LogP contribution in [0.2, 0.25) is 0 Å². The van der Waals surface area contributed by atoms with Crippen LogP contribution in [0.3, 0.4) is 0 Å². The van der Waals surface area contributed by atoms with E-state index in [1.807, 2.05) is 12.1 Å². The average Bonchev–Trinajstić information content (AvgIpc) is 2.32. The van der Waals surface area contributed by atoms with Crippen LogP contribution < -0.4 is 5.73 Å². The summed E-state index contributed by atoms with van der Waals surface area (Å²) in [5, 5.41) is 0. The van der Waals surface area contributed by atoms with Gasteiger partial charge in [-0.15, -0.1) is 0 Å². The maximum Gasteiger partial charge on any atom is 0.126 e. The Hall–Kier alpha value is -0.930. The molecule has 1 unspecified atom stereocenters. The molecule has 0 radical (unpaired) electrons. The molecule has 3 heteroatoms. The quantitative estimate of drug-likeness (QED) is 0.802. The van der Waals surface area contributed by atoms with Crippen LogP contribution >= 0.6 is 0 Å². The Labute approximate surface area is 97.3 Å². The van der Waals surface area contributed by atoms with Crippen molar-refractivity contribution in [1.82, 2.24) is 4.90 Å². The molecule has 0 saturated heterocycles. The maximum absolute atomic E-state index is 13.6. The second-order valence-electron chi connectivity index (χ2n) is 3.94. The smallest absolute Gasteiger partial charge is 0.126 e. The standard InChI is InChI=1S/C13H21FN2/c1-3-16(4-2)10-11(9-15)12-7-5-6-8-13(12)14/h5-8,11H,3-4,9-10,15H2,1-2H3. The zero-order chi connectivity index (χ0) is 12.0. The fourth-order valence-corrected chi connectivity index (χ4v) is 1.90. The van der Waals surface area contributed by atoms with Gasteiger partial charge in [0.05, 0.1) is 0 Å². The molecule has 0 aliphatic carbocycles. The highest BCUT2D eigenvalue weighted by atomic mass is 19.1. The van der Waals surface area contributed by atoms with Crippen LogP contribution in [0, 0.1) is 5.82 Å². The van der Waals surface area contributed by atoms with Gasteiger partial charge in [-0.1, -0.05) is 32.0 Å². The summed E-state index contributed by atoms with van der Waals surface area (Å²) in [6.45, 7) is 7.47. The van der Waals surface area contributed by atoms with Gasteiger partial charge in [0.1, 0.15) is 5.82 Å². The van der Waals surface area contributed by atoms with Crippen LogP contribution in [-0.4, -0.2) is 31.1 Å². The highest BCUT2D eigenvalue weighted by Crippen LogP contribution is 2.19. The summed E-state index contributed by atoms with van der Waals surface area (Å²) < 4.78 is 13.6. The topological polar surface area (TPSA) is 29.3 Å². The lowest BCUT2D eigenvalue weighted by atomic mass is 9.98. The number of likely N-dealkylation sites (N-methyl/N-ethyl adjacent to an activating group) is 1. The molecular formula is C13H21FN2. The Morgan fingerprint density at radius 1 is 1.25 bits per heavy atom. The summed E-state index contributed by atoms with van der Waals surface area (Å²) in [7, 11) is 0. The molecule has 90 valence electrons. The van der Waals surface area contributed by atoms with Crippen LogP contribution in [0.5, 0.6) is 0 Å². The molecule has 0 amide bonds.